The summed E-state index contributed by atoms with van der Waals surface area (Å²) in [6.07, 6.45) is 1.46. The summed E-state index contributed by atoms with van der Waals surface area (Å²) in [4.78, 5) is 26.1. The lowest BCUT2D eigenvalue weighted by atomic mass is 10.2. The number of hydrogen-bond donors (Lipinski definition) is 2. The van der Waals surface area contributed by atoms with Crippen LogP contribution >= 0.6 is 0 Å². The average Bonchev–Trinajstić information content (AvgIpc) is 3.23. The number of likely N-dealkylation sites (N-methyl/N-ethyl adjacent to an activating group) is 1. The van der Waals surface area contributed by atoms with E-state index in [1.165, 1.54) is 11.8 Å². The van der Waals surface area contributed by atoms with Crippen molar-refractivity contribution in [1.29, 1.82) is 0 Å². The standard InChI is InChI=1S/C22H23N3O3/c1-25(15-18-6-3-2-4-7-18)16-21(26)23-14-17-9-11-19(12-10-17)24-22(27)20-8-5-13-28-20/h2-13H,14-16H2,1H3,(H,23,26)(H,24,27). The molecule has 0 fully saturated rings. The summed E-state index contributed by atoms with van der Waals surface area (Å²) in [5.41, 5.74) is 2.79. The van der Waals surface area contributed by atoms with Crippen LogP contribution in [0.15, 0.2) is 77.4 Å². The maximum Gasteiger partial charge on any atom is 0.291 e. The molecule has 28 heavy (non-hydrogen) atoms. The van der Waals surface area contributed by atoms with Crippen molar-refractivity contribution < 1.29 is 14.0 Å². The van der Waals surface area contributed by atoms with E-state index in [9.17, 15) is 9.59 Å². The first-order valence-electron chi connectivity index (χ1n) is 9.03. The summed E-state index contributed by atoms with van der Waals surface area (Å²) < 4.78 is 5.06. The largest absolute Gasteiger partial charge is 0.459 e. The monoisotopic (exact) mass is 377 g/mol. The molecule has 0 atom stereocenters. The fourth-order valence-corrected chi connectivity index (χ4v) is 2.76. The van der Waals surface area contributed by atoms with Gasteiger partial charge in [0.25, 0.3) is 5.91 Å². The average molecular weight is 377 g/mol. The van der Waals surface area contributed by atoms with E-state index in [1.54, 1.807) is 24.3 Å². The van der Waals surface area contributed by atoms with Gasteiger partial charge in [0, 0.05) is 18.8 Å². The number of carbonyl (C=O) groups excluding carboxylic acids is 2. The van der Waals surface area contributed by atoms with Gasteiger partial charge in [-0.1, -0.05) is 42.5 Å². The third-order valence-corrected chi connectivity index (χ3v) is 4.16. The minimum absolute atomic E-state index is 0.0337. The second-order valence-corrected chi connectivity index (χ2v) is 6.56. The topological polar surface area (TPSA) is 74.6 Å². The molecule has 0 radical (unpaired) electrons. The molecule has 0 saturated heterocycles. The van der Waals surface area contributed by atoms with Gasteiger partial charge >= 0.3 is 0 Å². The number of furan rings is 1. The minimum Gasteiger partial charge on any atom is -0.459 e. The molecule has 0 unspecified atom stereocenters. The number of benzene rings is 2. The third-order valence-electron chi connectivity index (χ3n) is 4.16. The highest BCUT2D eigenvalue weighted by Crippen LogP contribution is 2.12. The lowest BCUT2D eigenvalue weighted by molar-refractivity contribution is -0.122. The zero-order valence-electron chi connectivity index (χ0n) is 15.7. The van der Waals surface area contributed by atoms with Gasteiger partial charge in [0.05, 0.1) is 12.8 Å². The summed E-state index contributed by atoms with van der Waals surface area (Å²) in [5.74, 6) is -0.0721. The van der Waals surface area contributed by atoms with Crippen molar-refractivity contribution in [3.05, 3.63) is 89.9 Å². The highest BCUT2D eigenvalue weighted by molar-refractivity contribution is 6.02. The van der Waals surface area contributed by atoms with Crippen molar-refractivity contribution in [2.24, 2.45) is 0 Å². The zero-order valence-corrected chi connectivity index (χ0v) is 15.7. The van der Waals surface area contributed by atoms with Gasteiger partial charge in [0.1, 0.15) is 0 Å². The molecule has 0 saturated carbocycles. The van der Waals surface area contributed by atoms with Crippen molar-refractivity contribution in [1.82, 2.24) is 10.2 Å². The van der Waals surface area contributed by atoms with E-state index in [4.69, 9.17) is 4.42 Å². The maximum atomic E-state index is 12.1. The number of nitrogens with one attached hydrogen (secondary N) is 2. The van der Waals surface area contributed by atoms with Crippen LogP contribution in [0, 0.1) is 0 Å². The number of anilines is 1. The molecule has 1 aromatic heterocycles. The van der Waals surface area contributed by atoms with Crippen LogP contribution < -0.4 is 10.6 Å². The van der Waals surface area contributed by atoms with E-state index in [2.05, 4.69) is 10.6 Å². The Labute approximate surface area is 164 Å². The molecule has 2 aromatic carbocycles. The summed E-state index contributed by atoms with van der Waals surface area (Å²) in [7, 11) is 1.92. The Hall–Kier alpha value is -3.38. The van der Waals surface area contributed by atoms with Crippen LogP contribution in [0.1, 0.15) is 21.7 Å². The van der Waals surface area contributed by atoms with Gasteiger partial charge in [-0.05, 0) is 42.4 Å². The fraction of sp³-hybridized carbons (Fsp3) is 0.182. The Morgan fingerprint density at radius 2 is 1.68 bits per heavy atom. The highest BCUT2D eigenvalue weighted by atomic mass is 16.3. The molecule has 0 aliphatic rings. The van der Waals surface area contributed by atoms with Gasteiger partial charge in [-0.2, -0.15) is 0 Å². The Bertz CT molecular complexity index is 891. The van der Waals surface area contributed by atoms with Gasteiger partial charge in [-0.25, -0.2) is 0 Å². The molecule has 2 amide bonds. The third kappa shape index (κ3) is 5.82. The van der Waals surface area contributed by atoms with Crippen LogP contribution in [0.25, 0.3) is 0 Å². The molecule has 3 aromatic rings. The van der Waals surface area contributed by atoms with Gasteiger partial charge < -0.3 is 15.1 Å². The van der Waals surface area contributed by atoms with E-state index in [0.717, 1.165) is 12.1 Å². The fourth-order valence-electron chi connectivity index (χ4n) is 2.76. The molecule has 1 heterocycles. The van der Waals surface area contributed by atoms with E-state index in [0.29, 0.717) is 18.8 Å². The Morgan fingerprint density at radius 1 is 0.929 bits per heavy atom. The zero-order chi connectivity index (χ0) is 19.8. The highest BCUT2D eigenvalue weighted by Gasteiger charge is 2.09. The van der Waals surface area contributed by atoms with Crippen molar-refractivity contribution in [2.45, 2.75) is 13.1 Å². The van der Waals surface area contributed by atoms with Crippen LogP contribution in [0.4, 0.5) is 5.69 Å². The normalized spacial score (nSPS) is 10.6. The molecule has 0 bridgehead atoms. The molecular weight excluding hydrogens is 354 g/mol. The SMILES string of the molecule is CN(CC(=O)NCc1ccc(NC(=O)c2ccco2)cc1)Cc1ccccc1. The van der Waals surface area contributed by atoms with Crippen molar-refractivity contribution in [2.75, 3.05) is 18.9 Å². The molecule has 144 valence electrons. The second-order valence-electron chi connectivity index (χ2n) is 6.56. The number of amides is 2. The van der Waals surface area contributed by atoms with Gasteiger partial charge in [-0.15, -0.1) is 0 Å². The van der Waals surface area contributed by atoms with Crippen molar-refractivity contribution in [3.8, 4) is 0 Å². The van der Waals surface area contributed by atoms with Gasteiger partial charge in [-0.3, -0.25) is 14.5 Å². The van der Waals surface area contributed by atoms with Crippen LogP contribution in [-0.4, -0.2) is 30.3 Å². The first-order valence-corrected chi connectivity index (χ1v) is 9.03. The molecule has 3 rings (SSSR count). The lowest BCUT2D eigenvalue weighted by Crippen LogP contribution is -2.34. The smallest absolute Gasteiger partial charge is 0.291 e. The van der Waals surface area contributed by atoms with Crippen LogP contribution in [0.2, 0.25) is 0 Å². The molecular formula is C22H23N3O3. The molecule has 6 nitrogen and oxygen atoms in total. The van der Waals surface area contributed by atoms with E-state index < -0.39 is 0 Å². The van der Waals surface area contributed by atoms with Crippen LogP contribution in [-0.2, 0) is 17.9 Å². The number of hydrogen-bond acceptors (Lipinski definition) is 4. The summed E-state index contributed by atoms with van der Waals surface area (Å²) in [5, 5.41) is 5.67. The van der Waals surface area contributed by atoms with E-state index >= 15 is 0 Å². The minimum atomic E-state index is -0.299. The number of rotatable bonds is 8. The second kappa shape index (κ2) is 9.53. The van der Waals surface area contributed by atoms with Crippen LogP contribution in [0.5, 0.6) is 0 Å². The quantitative estimate of drug-likeness (QED) is 0.632. The van der Waals surface area contributed by atoms with Crippen molar-refractivity contribution >= 4 is 17.5 Å². The number of carbonyl (C=O) groups is 2. The lowest BCUT2D eigenvalue weighted by Gasteiger charge is -2.16. The van der Waals surface area contributed by atoms with Crippen LogP contribution in [0.3, 0.4) is 0 Å². The van der Waals surface area contributed by atoms with E-state index in [-0.39, 0.29) is 17.6 Å². The maximum absolute atomic E-state index is 12.1. The Balaban J connectivity index is 1.42. The summed E-state index contributed by atoms with van der Waals surface area (Å²) >= 11 is 0. The first-order chi connectivity index (χ1) is 13.6. The van der Waals surface area contributed by atoms with E-state index in [1.807, 2.05) is 54.4 Å². The first kappa shape index (κ1) is 19.4. The van der Waals surface area contributed by atoms with Gasteiger partial charge in [0.2, 0.25) is 5.91 Å². The molecule has 0 aliphatic carbocycles. The Kier molecular flexibility index (Phi) is 6.59. The predicted octanol–water partition coefficient (Wildman–Crippen LogP) is 3.28. The van der Waals surface area contributed by atoms with Crippen molar-refractivity contribution in [3.63, 3.8) is 0 Å². The molecule has 2 N–H and O–H groups in total. The number of nitrogens with zero attached hydrogens (tertiary/aromatic N) is 1. The molecule has 6 heteroatoms. The predicted molar refractivity (Wildman–Crippen MR) is 108 cm³/mol. The molecule has 0 spiro atoms. The van der Waals surface area contributed by atoms with Gasteiger partial charge in [0.15, 0.2) is 5.76 Å². The summed E-state index contributed by atoms with van der Waals surface area (Å²) in [6.45, 7) is 1.48. The Morgan fingerprint density at radius 3 is 2.36 bits per heavy atom. The summed E-state index contributed by atoms with van der Waals surface area (Å²) in [6, 6.07) is 20.6. The molecule has 0 aliphatic heterocycles.